The molecule has 1 aliphatic carbocycles. The van der Waals surface area contributed by atoms with Crippen molar-refractivity contribution in [1.82, 2.24) is 9.78 Å². The van der Waals surface area contributed by atoms with Crippen LogP contribution in [0.5, 0.6) is 0 Å². The maximum Gasteiger partial charge on any atom is 0.0634 e. The highest BCUT2D eigenvalue weighted by molar-refractivity contribution is 5.01. The van der Waals surface area contributed by atoms with Crippen molar-refractivity contribution in [3.05, 3.63) is 18.0 Å². The monoisotopic (exact) mass is 189 g/mol. The summed E-state index contributed by atoms with van der Waals surface area (Å²) in [6.07, 6.45) is 8.61. The summed E-state index contributed by atoms with van der Waals surface area (Å²) < 4.78 is 2.08. The summed E-state index contributed by atoms with van der Waals surface area (Å²) in [6.45, 7) is 0. The molecular weight excluding hydrogens is 174 g/mol. The second-order valence-electron chi connectivity index (χ2n) is 3.88. The van der Waals surface area contributed by atoms with E-state index in [9.17, 15) is 0 Å². The normalized spacial score (nSPS) is 17.1. The van der Waals surface area contributed by atoms with E-state index in [0.717, 1.165) is 12.1 Å². The topological polar surface area (TPSA) is 41.6 Å². The lowest BCUT2D eigenvalue weighted by molar-refractivity contribution is 0.463. The second-order valence-corrected chi connectivity index (χ2v) is 3.88. The molecule has 1 aliphatic rings. The van der Waals surface area contributed by atoms with E-state index in [2.05, 4.69) is 22.0 Å². The van der Waals surface area contributed by atoms with Crippen LogP contribution >= 0.6 is 0 Å². The molecule has 0 spiro atoms. The minimum atomic E-state index is 0.571. The van der Waals surface area contributed by atoms with E-state index in [0.29, 0.717) is 12.5 Å². The molecule has 0 amide bonds. The van der Waals surface area contributed by atoms with Crippen molar-refractivity contribution >= 4 is 0 Å². The zero-order chi connectivity index (χ0) is 9.80. The van der Waals surface area contributed by atoms with Gasteiger partial charge in [-0.25, -0.2) is 0 Å². The molecule has 3 nitrogen and oxygen atoms in total. The molecule has 0 unspecified atom stereocenters. The minimum absolute atomic E-state index is 0.571. The molecule has 1 fully saturated rings. The fraction of sp³-hybridized carbons (Fsp3) is 0.636. The Morgan fingerprint density at radius 1 is 1.50 bits per heavy atom. The van der Waals surface area contributed by atoms with Crippen molar-refractivity contribution < 1.29 is 0 Å². The lowest BCUT2D eigenvalue weighted by Gasteiger charge is -2.08. The van der Waals surface area contributed by atoms with Crippen LogP contribution in [0.4, 0.5) is 0 Å². The molecule has 3 heteroatoms. The van der Waals surface area contributed by atoms with E-state index in [-0.39, 0.29) is 0 Å². The molecule has 0 saturated heterocycles. The highest BCUT2D eigenvalue weighted by atomic mass is 15.3. The van der Waals surface area contributed by atoms with Crippen LogP contribution in [0.25, 0.3) is 0 Å². The Morgan fingerprint density at radius 2 is 2.29 bits per heavy atom. The van der Waals surface area contributed by atoms with Gasteiger partial charge in [-0.1, -0.05) is 12.8 Å². The number of rotatable bonds is 3. The molecular formula is C11H15N3. The van der Waals surface area contributed by atoms with Crippen molar-refractivity contribution in [1.29, 1.82) is 5.26 Å². The first-order valence-electron chi connectivity index (χ1n) is 5.31. The van der Waals surface area contributed by atoms with Crippen LogP contribution in [-0.4, -0.2) is 9.78 Å². The standard InChI is InChI=1S/C11H15N3/c12-8-3-4-10-7-9-14(13-10)11-5-1-2-6-11/h7,9,11H,1-6H2. The Bertz CT molecular complexity index is 329. The largest absolute Gasteiger partial charge is 0.269 e. The SMILES string of the molecule is N#CCCc1ccn(C2CCCC2)n1. The van der Waals surface area contributed by atoms with Crippen LogP contribution in [0.3, 0.4) is 0 Å². The van der Waals surface area contributed by atoms with Crippen molar-refractivity contribution in [2.24, 2.45) is 0 Å². The average Bonchev–Trinajstić information content (AvgIpc) is 2.85. The Morgan fingerprint density at radius 3 is 3.00 bits per heavy atom. The average molecular weight is 189 g/mol. The van der Waals surface area contributed by atoms with Gasteiger partial charge in [-0.05, 0) is 18.9 Å². The molecule has 1 saturated carbocycles. The quantitative estimate of drug-likeness (QED) is 0.732. The van der Waals surface area contributed by atoms with Gasteiger partial charge in [0.15, 0.2) is 0 Å². The van der Waals surface area contributed by atoms with Crippen LogP contribution < -0.4 is 0 Å². The molecule has 0 aliphatic heterocycles. The highest BCUT2D eigenvalue weighted by Crippen LogP contribution is 2.28. The number of hydrogen-bond donors (Lipinski definition) is 0. The Labute approximate surface area is 84.3 Å². The lowest BCUT2D eigenvalue weighted by Crippen LogP contribution is -2.05. The molecule has 0 N–H and O–H groups in total. The molecule has 1 aromatic heterocycles. The van der Waals surface area contributed by atoms with Crippen molar-refractivity contribution in [2.45, 2.75) is 44.6 Å². The van der Waals surface area contributed by atoms with Crippen LogP contribution in [0.1, 0.15) is 43.8 Å². The Hall–Kier alpha value is -1.30. The van der Waals surface area contributed by atoms with Crippen LogP contribution in [0.15, 0.2) is 12.3 Å². The molecule has 0 bridgehead atoms. The molecule has 74 valence electrons. The Kier molecular flexibility index (Phi) is 2.83. The molecule has 0 atom stereocenters. The van der Waals surface area contributed by atoms with E-state index in [1.807, 2.05) is 6.07 Å². The maximum absolute atomic E-state index is 8.46. The van der Waals surface area contributed by atoms with E-state index in [4.69, 9.17) is 5.26 Å². The zero-order valence-corrected chi connectivity index (χ0v) is 8.32. The third-order valence-electron chi connectivity index (χ3n) is 2.86. The summed E-state index contributed by atoms with van der Waals surface area (Å²) in [7, 11) is 0. The van der Waals surface area contributed by atoms with E-state index in [1.54, 1.807) is 0 Å². The lowest BCUT2D eigenvalue weighted by atomic mass is 10.2. The number of nitriles is 1. The third kappa shape index (κ3) is 1.95. The van der Waals surface area contributed by atoms with Gasteiger partial charge in [0.1, 0.15) is 0 Å². The van der Waals surface area contributed by atoms with Gasteiger partial charge in [-0.2, -0.15) is 10.4 Å². The summed E-state index contributed by atoms with van der Waals surface area (Å²) in [6, 6.07) is 4.80. The van der Waals surface area contributed by atoms with Gasteiger partial charge in [0.2, 0.25) is 0 Å². The fourth-order valence-electron chi connectivity index (χ4n) is 2.07. The van der Waals surface area contributed by atoms with E-state index >= 15 is 0 Å². The first-order valence-corrected chi connectivity index (χ1v) is 5.31. The molecule has 1 heterocycles. The van der Waals surface area contributed by atoms with Gasteiger partial charge in [-0.15, -0.1) is 0 Å². The summed E-state index contributed by atoms with van der Waals surface area (Å²) in [5, 5.41) is 13.0. The van der Waals surface area contributed by atoms with Crippen LogP contribution in [0.2, 0.25) is 0 Å². The molecule has 14 heavy (non-hydrogen) atoms. The predicted molar refractivity (Wildman–Crippen MR) is 53.7 cm³/mol. The van der Waals surface area contributed by atoms with Gasteiger partial charge < -0.3 is 0 Å². The second kappa shape index (κ2) is 4.28. The van der Waals surface area contributed by atoms with Gasteiger partial charge in [-0.3, -0.25) is 4.68 Å². The molecule has 0 aromatic carbocycles. The molecule has 0 radical (unpaired) electrons. The summed E-state index contributed by atoms with van der Waals surface area (Å²) >= 11 is 0. The Balaban J connectivity index is 1.98. The zero-order valence-electron chi connectivity index (χ0n) is 8.32. The fourth-order valence-corrected chi connectivity index (χ4v) is 2.07. The smallest absolute Gasteiger partial charge is 0.0634 e. The maximum atomic E-state index is 8.46. The molecule has 2 rings (SSSR count). The summed E-state index contributed by atoms with van der Waals surface area (Å²) in [5.41, 5.74) is 1.05. The van der Waals surface area contributed by atoms with Crippen molar-refractivity contribution in [3.63, 3.8) is 0 Å². The van der Waals surface area contributed by atoms with Crippen molar-refractivity contribution in [3.8, 4) is 6.07 Å². The van der Waals surface area contributed by atoms with E-state index in [1.165, 1.54) is 25.7 Å². The minimum Gasteiger partial charge on any atom is -0.269 e. The number of nitrogens with zero attached hydrogens (tertiary/aromatic N) is 3. The van der Waals surface area contributed by atoms with Gasteiger partial charge >= 0.3 is 0 Å². The van der Waals surface area contributed by atoms with E-state index < -0.39 is 0 Å². The van der Waals surface area contributed by atoms with Gasteiger partial charge in [0.25, 0.3) is 0 Å². The third-order valence-corrected chi connectivity index (χ3v) is 2.86. The highest BCUT2D eigenvalue weighted by Gasteiger charge is 2.17. The van der Waals surface area contributed by atoms with Crippen LogP contribution in [0, 0.1) is 11.3 Å². The van der Waals surface area contributed by atoms with Gasteiger partial charge in [0, 0.05) is 19.0 Å². The van der Waals surface area contributed by atoms with Crippen LogP contribution in [-0.2, 0) is 6.42 Å². The number of aromatic nitrogens is 2. The first-order chi connectivity index (χ1) is 6.90. The number of hydrogen-bond acceptors (Lipinski definition) is 2. The van der Waals surface area contributed by atoms with Crippen molar-refractivity contribution in [2.75, 3.05) is 0 Å². The van der Waals surface area contributed by atoms with Gasteiger partial charge in [0.05, 0.1) is 17.8 Å². The number of aryl methyl sites for hydroxylation is 1. The predicted octanol–water partition coefficient (Wildman–Crippen LogP) is 2.45. The summed E-state index contributed by atoms with van der Waals surface area (Å²) in [5.74, 6) is 0. The molecule has 1 aromatic rings. The summed E-state index contributed by atoms with van der Waals surface area (Å²) in [4.78, 5) is 0. The first kappa shape index (κ1) is 9.26.